The summed E-state index contributed by atoms with van der Waals surface area (Å²) in [6, 6.07) is 6.91. The van der Waals surface area contributed by atoms with Crippen molar-refractivity contribution >= 4 is 11.9 Å². The molecule has 2 fully saturated rings. The molecule has 0 heterocycles. The molecule has 0 unspecified atom stereocenters. The van der Waals surface area contributed by atoms with Crippen LogP contribution in [0.3, 0.4) is 0 Å². The van der Waals surface area contributed by atoms with Crippen molar-refractivity contribution in [3.05, 3.63) is 35.4 Å². The van der Waals surface area contributed by atoms with E-state index in [0.29, 0.717) is 11.1 Å². The lowest BCUT2D eigenvalue weighted by atomic mass is 9.88. The minimum absolute atomic E-state index is 0.251. The highest BCUT2D eigenvalue weighted by Crippen LogP contribution is 2.41. The molecule has 0 aromatic heterocycles. The standard InChI is InChI=1S/C24H34O4/c1-17(2)23(13-7-8-14-23)27-21(25)19-11-5-6-12-20(19)22(26)28-24(18(3)4)15-9-10-16-24/h5-6,11-12,17-18H,7-10,13-16H2,1-4H3. The smallest absolute Gasteiger partial charge is 0.339 e. The van der Waals surface area contributed by atoms with Gasteiger partial charge in [-0.1, -0.05) is 39.8 Å². The minimum Gasteiger partial charge on any atom is -0.455 e. The van der Waals surface area contributed by atoms with Gasteiger partial charge in [0.1, 0.15) is 11.2 Å². The Morgan fingerprint density at radius 1 is 0.714 bits per heavy atom. The van der Waals surface area contributed by atoms with Gasteiger partial charge >= 0.3 is 11.9 Å². The van der Waals surface area contributed by atoms with Gasteiger partial charge in [-0.25, -0.2) is 9.59 Å². The molecule has 0 bridgehead atoms. The van der Waals surface area contributed by atoms with Gasteiger partial charge in [0.05, 0.1) is 11.1 Å². The number of ether oxygens (including phenoxy) is 2. The second-order valence-corrected chi connectivity index (χ2v) is 9.18. The van der Waals surface area contributed by atoms with Crippen molar-refractivity contribution in [3.63, 3.8) is 0 Å². The minimum atomic E-state index is -0.418. The molecule has 0 aliphatic heterocycles. The van der Waals surface area contributed by atoms with E-state index in [-0.39, 0.29) is 11.8 Å². The lowest BCUT2D eigenvalue weighted by Gasteiger charge is -2.34. The monoisotopic (exact) mass is 386 g/mol. The maximum Gasteiger partial charge on any atom is 0.339 e. The van der Waals surface area contributed by atoms with E-state index in [1.807, 2.05) is 0 Å². The van der Waals surface area contributed by atoms with Crippen molar-refractivity contribution in [3.8, 4) is 0 Å². The first kappa shape index (κ1) is 20.9. The van der Waals surface area contributed by atoms with Gasteiger partial charge in [0.25, 0.3) is 0 Å². The first-order valence-electron chi connectivity index (χ1n) is 10.9. The van der Waals surface area contributed by atoms with Gasteiger partial charge in [-0.3, -0.25) is 0 Å². The Bertz CT molecular complexity index is 646. The Balaban J connectivity index is 1.82. The van der Waals surface area contributed by atoms with E-state index in [2.05, 4.69) is 27.7 Å². The molecule has 0 amide bonds. The van der Waals surface area contributed by atoms with Gasteiger partial charge < -0.3 is 9.47 Å². The summed E-state index contributed by atoms with van der Waals surface area (Å²) in [5.74, 6) is -0.317. The van der Waals surface area contributed by atoms with Crippen molar-refractivity contribution in [2.24, 2.45) is 11.8 Å². The molecule has 0 saturated heterocycles. The van der Waals surface area contributed by atoms with Crippen LogP contribution in [0.1, 0.15) is 99.8 Å². The average Bonchev–Trinajstić information content (AvgIpc) is 3.33. The van der Waals surface area contributed by atoms with E-state index in [9.17, 15) is 9.59 Å². The van der Waals surface area contributed by atoms with Crippen LogP contribution in [0.5, 0.6) is 0 Å². The van der Waals surface area contributed by atoms with Gasteiger partial charge in [-0.2, -0.15) is 0 Å². The molecule has 2 aliphatic carbocycles. The summed E-state index contributed by atoms with van der Waals surface area (Å²) in [6.07, 6.45) is 7.86. The fraction of sp³-hybridized carbons (Fsp3) is 0.667. The highest BCUT2D eigenvalue weighted by Gasteiger charge is 2.43. The molecule has 4 nitrogen and oxygen atoms in total. The summed E-state index contributed by atoms with van der Waals surface area (Å²) >= 11 is 0. The van der Waals surface area contributed by atoms with Gasteiger partial charge in [0.2, 0.25) is 0 Å². The second kappa shape index (κ2) is 8.26. The molecule has 28 heavy (non-hydrogen) atoms. The Morgan fingerprint density at radius 3 is 1.32 bits per heavy atom. The third kappa shape index (κ3) is 3.97. The normalized spacial score (nSPS) is 20.5. The highest BCUT2D eigenvalue weighted by atomic mass is 16.6. The number of rotatable bonds is 6. The van der Waals surface area contributed by atoms with Gasteiger partial charge in [-0.05, 0) is 75.3 Å². The van der Waals surface area contributed by atoms with Crippen molar-refractivity contribution in [2.75, 3.05) is 0 Å². The average molecular weight is 387 g/mol. The lowest BCUT2D eigenvalue weighted by molar-refractivity contribution is -0.0435. The zero-order chi connectivity index (χ0) is 20.4. The third-order valence-corrected chi connectivity index (χ3v) is 6.96. The SMILES string of the molecule is CC(C)C1(OC(=O)c2ccccc2C(=O)OC2(C(C)C)CCCC2)CCCC1. The Morgan fingerprint density at radius 2 is 1.04 bits per heavy atom. The van der Waals surface area contributed by atoms with Crippen molar-refractivity contribution in [1.82, 2.24) is 0 Å². The number of esters is 2. The molecule has 154 valence electrons. The first-order valence-corrected chi connectivity index (χ1v) is 10.9. The molecule has 0 spiro atoms. The van der Waals surface area contributed by atoms with E-state index < -0.39 is 23.1 Å². The largest absolute Gasteiger partial charge is 0.455 e. The molecule has 2 saturated carbocycles. The predicted octanol–water partition coefficient (Wildman–Crippen LogP) is 5.94. The van der Waals surface area contributed by atoms with Crippen molar-refractivity contribution in [1.29, 1.82) is 0 Å². The molecule has 3 rings (SSSR count). The van der Waals surface area contributed by atoms with Crippen LogP contribution in [0.2, 0.25) is 0 Å². The number of hydrogen-bond donors (Lipinski definition) is 0. The van der Waals surface area contributed by atoms with Crippen molar-refractivity contribution < 1.29 is 19.1 Å². The Kier molecular flexibility index (Phi) is 6.16. The van der Waals surface area contributed by atoms with Crippen LogP contribution in [0.4, 0.5) is 0 Å². The Labute approximate surface area is 169 Å². The molecule has 1 aromatic carbocycles. The van der Waals surface area contributed by atoms with Crippen LogP contribution in [0, 0.1) is 11.8 Å². The topological polar surface area (TPSA) is 52.6 Å². The van der Waals surface area contributed by atoms with E-state index in [1.54, 1.807) is 24.3 Å². The van der Waals surface area contributed by atoms with Crippen LogP contribution >= 0.6 is 0 Å². The van der Waals surface area contributed by atoms with Gasteiger partial charge in [0, 0.05) is 0 Å². The van der Waals surface area contributed by atoms with E-state index >= 15 is 0 Å². The summed E-state index contributed by atoms with van der Waals surface area (Å²) in [5.41, 5.74) is -0.204. The van der Waals surface area contributed by atoms with E-state index in [0.717, 1.165) is 51.4 Å². The molecule has 0 radical (unpaired) electrons. The highest BCUT2D eigenvalue weighted by molar-refractivity contribution is 6.03. The quantitative estimate of drug-likeness (QED) is 0.568. The molecule has 0 atom stereocenters. The molecule has 4 heteroatoms. The molecular formula is C24H34O4. The zero-order valence-electron chi connectivity index (χ0n) is 17.8. The lowest BCUT2D eigenvalue weighted by Crippen LogP contribution is -2.39. The van der Waals surface area contributed by atoms with Crippen LogP contribution in [0.15, 0.2) is 24.3 Å². The summed E-state index contributed by atoms with van der Waals surface area (Å²) < 4.78 is 12.1. The summed E-state index contributed by atoms with van der Waals surface area (Å²) in [4.78, 5) is 26.1. The van der Waals surface area contributed by atoms with Crippen LogP contribution in [-0.2, 0) is 9.47 Å². The number of benzene rings is 1. The van der Waals surface area contributed by atoms with E-state index in [1.165, 1.54) is 0 Å². The molecule has 0 N–H and O–H groups in total. The molecule has 1 aromatic rings. The second-order valence-electron chi connectivity index (χ2n) is 9.18. The third-order valence-electron chi connectivity index (χ3n) is 6.96. The maximum atomic E-state index is 13.1. The fourth-order valence-corrected chi connectivity index (χ4v) is 4.86. The van der Waals surface area contributed by atoms with Crippen LogP contribution < -0.4 is 0 Å². The summed E-state index contributed by atoms with van der Waals surface area (Å²) in [7, 11) is 0. The maximum absolute atomic E-state index is 13.1. The zero-order valence-corrected chi connectivity index (χ0v) is 17.8. The number of carbonyl (C=O) groups is 2. The number of carbonyl (C=O) groups excluding carboxylic acids is 2. The van der Waals surface area contributed by atoms with Gasteiger partial charge in [0.15, 0.2) is 0 Å². The van der Waals surface area contributed by atoms with Gasteiger partial charge in [-0.15, -0.1) is 0 Å². The Hall–Kier alpha value is -1.84. The number of hydrogen-bond acceptors (Lipinski definition) is 4. The summed E-state index contributed by atoms with van der Waals surface area (Å²) in [6.45, 7) is 8.41. The predicted molar refractivity (Wildman–Crippen MR) is 109 cm³/mol. The first-order chi connectivity index (χ1) is 13.3. The summed E-state index contributed by atoms with van der Waals surface area (Å²) in [5, 5.41) is 0. The van der Waals surface area contributed by atoms with E-state index in [4.69, 9.17) is 9.47 Å². The van der Waals surface area contributed by atoms with Crippen LogP contribution in [0.25, 0.3) is 0 Å². The van der Waals surface area contributed by atoms with Crippen molar-refractivity contribution in [2.45, 2.75) is 90.3 Å². The molecular weight excluding hydrogens is 352 g/mol. The molecule has 2 aliphatic rings. The van der Waals surface area contributed by atoms with Crippen LogP contribution in [-0.4, -0.2) is 23.1 Å². The fourth-order valence-electron chi connectivity index (χ4n) is 4.86.